The second-order valence-corrected chi connectivity index (χ2v) is 7.11. The monoisotopic (exact) mass is 378 g/mol. The van der Waals surface area contributed by atoms with E-state index in [0.29, 0.717) is 40.8 Å². The van der Waals surface area contributed by atoms with Crippen LogP contribution in [0.2, 0.25) is 0 Å². The van der Waals surface area contributed by atoms with Crippen molar-refractivity contribution in [3.8, 4) is 0 Å². The zero-order chi connectivity index (χ0) is 20.0. The Morgan fingerprint density at radius 3 is 2.79 bits per heavy atom. The number of rotatable bonds is 3. The Kier molecular flexibility index (Phi) is 4.18. The van der Waals surface area contributed by atoms with Gasteiger partial charge in [0.15, 0.2) is 0 Å². The minimum Gasteiger partial charge on any atom is -0.478 e. The van der Waals surface area contributed by atoms with Crippen molar-refractivity contribution in [3.63, 3.8) is 0 Å². The summed E-state index contributed by atoms with van der Waals surface area (Å²) in [5.74, 6) is -0.423. The SMILES string of the molecule is CC1C/C(=C\c2ncc([N+](=O)[O-])n2C)c2nc3ccccc3c(C(=O)O)c2C1. The van der Waals surface area contributed by atoms with Gasteiger partial charge in [-0.2, -0.15) is 0 Å². The minimum atomic E-state index is -0.976. The molecule has 2 aromatic heterocycles. The van der Waals surface area contributed by atoms with Gasteiger partial charge in [-0.05, 0) is 40.9 Å². The van der Waals surface area contributed by atoms with E-state index in [4.69, 9.17) is 4.98 Å². The fraction of sp³-hybridized carbons (Fsp3) is 0.250. The Balaban J connectivity index is 1.97. The van der Waals surface area contributed by atoms with E-state index in [9.17, 15) is 20.0 Å². The van der Waals surface area contributed by atoms with Gasteiger partial charge in [0.05, 0.1) is 23.8 Å². The number of allylic oxidation sites excluding steroid dienone is 1. The molecule has 1 aliphatic carbocycles. The van der Waals surface area contributed by atoms with Crippen molar-refractivity contribution in [2.45, 2.75) is 19.8 Å². The maximum absolute atomic E-state index is 12.1. The molecule has 8 heteroatoms. The maximum Gasteiger partial charge on any atom is 0.342 e. The molecule has 1 aliphatic rings. The summed E-state index contributed by atoms with van der Waals surface area (Å²) < 4.78 is 1.41. The van der Waals surface area contributed by atoms with E-state index in [-0.39, 0.29) is 17.3 Å². The maximum atomic E-state index is 12.1. The van der Waals surface area contributed by atoms with Gasteiger partial charge in [-0.15, -0.1) is 0 Å². The molecule has 8 nitrogen and oxygen atoms in total. The van der Waals surface area contributed by atoms with Crippen molar-refractivity contribution in [2.75, 3.05) is 0 Å². The largest absolute Gasteiger partial charge is 0.478 e. The number of nitro groups is 1. The zero-order valence-electron chi connectivity index (χ0n) is 15.4. The highest BCUT2D eigenvalue weighted by Crippen LogP contribution is 2.38. The average Bonchev–Trinajstić information content (AvgIpc) is 3.00. The standard InChI is InChI=1S/C20H18N4O4/c1-11-7-12(9-16-21-10-17(23(16)2)24(27)28)19-14(8-11)18(20(25)26)13-5-3-4-6-15(13)22-19/h3-6,9-11H,7-8H2,1-2H3,(H,25,26)/b12-9+. The molecule has 0 bridgehead atoms. The summed E-state index contributed by atoms with van der Waals surface area (Å²) >= 11 is 0. The van der Waals surface area contributed by atoms with Crippen molar-refractivity contribution in [1.29, 1.82) is 0 Å². The van der Waals surface area contributed by atoms with Crippen LogP contribution >= 0.6 is 0 Å². The Labute approximate surface area is 160 Å². The number of aromatic carboxylic acids is 1. The topological polar surface area (TPSA) is 111 Å². The van der Waals surface area contributed by atoms with Crippen molar-refractivity contribution in [3.05, 3.63) is 63.2 Å². The molecular weight excluding hydrogens is 360 g/mol. The molecule has 1 unspecified atom stereocenters. The molecule has 0 fully saturated rings. The lowest BCUT2D eigenvalue weighted by molar-refractivity contribution is -0.391. The third-order valence-electron chi connectivity index (χ3n) is 5.12. The summed E-state index contributed by atoms with van der Waals surface area (Å²) in [6, 6.07) is 7.20. The number of carboxylic acid groups (broad SMARTS) is 1. The summed E-state index contributed by atoms with van der Waals surface area (Å²) in [7, 11) is 1.58. The van der Waals surface area contributed by atoms with Crippen LogP contribution in [0.5, 0.6) is 0 Å². The second kappa shape index (κ2) is 6.56. The fourth-order valence-corrected chi connectivity index (χ4v) is 3.85. The molecule has 0 aliphatic heterocycles. The number of para-hydroxylation sites is 1. The first-order valence-corrected chi connectivity index (χ1v) is 8.88. The van der Waals surface area contributed by atoms with E-state index in [1.54, 1.807) is 31.3 Å². The number of hydrogen-bond donors (Lipinski definition) is 1. The number of fused-ring (bicyclic) bond motifs is 2. The Bertz CT molecular complexity index is 1160. The highest BCUT2D eigenvalue weighted by molar-refractivity contribution is 6.05. The van der Waals surface area contributed by atoms with Crippen LogP contribution in [0.3, 0.4) is 0 Å². The number of carboxylic acids is 1. The van der Waals surface area contributed by atoms with Crippen LogP contribution in [0.4, 0.5) is 5.82 Å². The number of imidazole rings is 1. The molecular formula is C20H18N4O4. The number of aromatic nitrogens is 3. The van der Waals surface area contributed by atoms with E-state index < -0.39 is 10.9 Å². The van der Waals surface area contributed by atoms with Crippen LogP contribution in [0, 0.1) is 16.0 Å². The van der Waals surface area contributed by atoms with E-state index in [2.05, 4.69) is 11.9 Å². The fourth-order valence-electron chi connectivity index (χ4n) is 3.85. The number of carbonyl (C=O) groups is 1. The van der Waals surface area contributed by atoms with Gasteiger partial charge in [-0.25, -0.2) is 19.3 Å². The summed E-state index contributed by atoms with van der Waals surface area (Å²) in [6.07, 6.45) is 4.30. The van der Waals surface area contributed by atoms with Gasteiger partial charge in [0.2, 0.25) is 5.82 Å². The molecule has 1 atom stereocenters. The molecule has 3 aromatic rings. The summed E-state index contributed by atoms with van der Waals surface area (Å²) in [6.45, 7) is 2.05. The summed E-state index contributed by atoms with van der Waals surface area (Å²) in [4.78, 5) is 31.5. The summed E-state index contributed by atoms with van der Waals surface area (Å²) in [5, 5.41) is 21.6. The first-order chi connectivity index (χ1) is 13.4. The Morgan fingerprint density at radius 2 is 2.11 bits per heavy atom. The van der Waals surface area contributed by atoms with Gasteiger partial charge in [-0.3, -0.25) is 0 Å². The average molecular weight is 378 g/mol. The van der Waals surface area contributed by atoms with Gasteiger partial charge in [0.1, 0.15) is 6.20 Å². The Hall–Kier alpha value is -3.55. The van der Waals surface area contributed by atoms with E-state index in [1.807, 2.05) is 6.07 Å². The normalized spacial score (nSPS) is 17.6. The molecule has 2 heterocycles. The molecule has 1 aromatic carbocycles. The molecule has 4 rings (SSSR count). The number of hydrogen-bond acceptors (Lipinski definition) is 5. The minimum absolute atomic E-state index is 0.103. The van der Waals surface area contributed by atoms with Crippen LogP contribution in [0.15, 0.2) is 30.5 Å². The predicted molar refractivity (Wildman–Crippen MR) is 104 cm³/mol. The molecule has 0 amide bonds. The number of pyridine rings is 1. The molecule has 0 saturated carbocycles. The zero-order valence-corrected chi connectivity index (χ0v) is 15.4. The van der Waals surface area contributed by atoms with Crippen LogP contribution in [0.1, 0.15) is 40.8 Å². The highest BCUT2D eigenvalue weighted by Gasteiger charge is 2.28. The van der Waals surface area contributed by atoms with Crippen LogP contribution in [-0.4, -0.2) is 30.5 Å². The molecule has 0 radical (unpaired) electrons. The molecule has 0 spiro atoms. The first-order valence-electron chi connectivity index (χ1n) is 8.88. The molecule has 142 valence electrons. The smallest absolute Gasteiger partial charge is 0.342 e. The first kappa shape index (κ1) is 17.8. The van der Waals surface area contributed by atoms with Crippen molar-refractivity contribution < 1.29 is 14.8 Å². The Morgan fingerprint density at radius 1 is 1.36 bits per heavy atom. The van der Waals surface area contributed by atoms with Crippen LogP contribution < -0.4 is 0 Å². The van der Waals surface area contributed by atoms with Gasteiger partial charge in [0, 0.05) is 11.5 Å². The van der Waals surface area contributed by atoms with Crippen molar-refractivity contribution >= 4 is 34.3 Å². The highest BCUT2D eigenvalue weighted by atomic mass is 16.6. The third kappa shape index (κ3) is 2.83. The number of benzene rings is 1. The number of nitrogens with zero attached hydrogens (tertiary/aromatic N) is 4. The lowest BCUT2D eigenvalue weighted by Crippen LogP contribution is -2.17. The van der Waals surface area contributed by atoms with Crippen molar-refractivity contribution in [1.82, 2.24) is 14.5 Å². The summed E-state index contributed by atoms with van der Waals surface area (Å²) in [5.41, 5.74) is 3.08. The van der Waals surface area contributed by atoms with Crippen molar-refractivity contribution in [2.24, 2.45) is 13.0 Å². The van der Waals surface area contributed by atoms with E-state index in [0.717, 1.165) is 5.57 Å². The molecule has 0 saturated heterocycles. The van der Waals surface area contributed by atoms with Gasteiger partial charge < -0.3 is 15.2 Å². The quantitative estimate of drug-likeness (QED) is 0.549. The van der Waals surface area contributed by atoms with Gasteiger partial charge in [0.25, 0.3) is 0 Å². The molecule has 28 heavy (non-hydrogen) atoms. The van der Waals surface area contributed by atoms with Crippen LogP contribution in [-0.2, 0) is 13.5 Å². The van der Waals surface area contributed by atoms with Crippen LogP contribution in [0.25, 0.3) is 22.6 Å². The van der Waals surface area contributed by atoms with E-state index in [1.165, 1.54) is 10.8 Å². The van der Waals surface area contributed by atoms with E-state index >= 15 is 0 Å². The predicted octanol–water partition coefficient (Wildman–Crippen LogP) is 3.70. The lowest BCUT2D eigenvalue weighted by Gasteiger charge is -2.25. The molecule has 1 N–H and O–H groups in total. The lowest BCUT2D eigenvalue weighted by atomic mass is 9.81. The second-order valence-electron chi connectivity index (χ2n) is 7.11. The third-order valence-corrected chi connectivity index (χ3v) is 5.12. The van der Waals surface area contributed by atoms with Gasteiger partial charge in [-0.1, -0.05) is 25.1 Å². The van der Waals surface area contributed by atoms with Gasteiger partial charge >= 0.3 is 11.8 Å².